The average Bonchev–Trinajstić information content (AvgIpc) is 2.91. The normalized spacial score (nSPS) is 19.0. The van der Waals surface area contributed by atoms with Gasteiger partial charge in [0.15, 0.2) is 0 Å². The molecule has 1 fully saturated rings. The predicted octanol–water partition coefficient (Wildman–Crippen LogP) is 5.56. The van der Waals surface area contributed by atoms with Gasteiger partial charge in [-0.15, -0.1) is 0 Å². The molecular formula is C30H38N6O. The first-order valence-corrected chi connectivity index (χ1v) is 13.6. The van der Waals surface area contributed by atoms with E-state index in [1.165, 1.54) is 35.2 Å². The zero-order chi connectivity index (χ0) is 25.6. The highest BCUT2D eigenvalue weighted by Crippen LogP contribution is 2.29. The Kier molecular flexibility index (Phi) is 7.87. The van der Waals surface area contributed by atoms with Crippen molar-refractivity contribution in [3.05, 3.63) is 77.0 Å². The van der Waals surface area contributed by atoms with Crippen LogP contribution in [0.4, 0.5) is 22.2 Å². The SMILES string of the molecule is CN(C)c1nc(N[C@H]2CC[C@@H](NC(=O)Nc3ccc(Cc4ccccc4)cc3)CC2)nc2c1CCCC2. The molecule has 5 rings (SSSR count). The first kappa shape index (κ1) is 25.1. The van der Waals surface area contributed by atoms with Crippen LogP contribution in [0.5, 0.6) is 0 Å². The summed E-state index contributed by atoms with van der Waals surface area (Å²) in [6.45, 7) is 0. The third kappa shape index (κ3) is 6.59. The number of aryl methyl sites for hydroxylation is 1. The number of urea groups is 1. The van der Waals surface area contributed by atoms with Crippen LogP contribution in [0, 0.1) is 0 Å². The molecule has 7 heteroatoms. The lowest BCUT2D eigenvalue weighted by Gasteiger charge is -2.30. The van der Waals surface area contributed by atoms with Crippen LogP contribution in [0.1, 0.15) is 60.9 Å². The van der Waals surface area contributed by atoms with Gasteiger partial charge in [0.05, 0.1) is 5.69 Å². The monoisotopic (exact) mass is 498 g/mol. The molecule has 3 aromatic rings. The van der Waals surface area contributed by atoms with Gasteiger partial charge in [0.1, 0.15) is 5.82 Å². The maximum atomic E-state index is 12.6. The topological polar surface area (TPSA) is 82.2 Å². The van der Waals surface area contributed by atoms with E-state index in [-0.39, 0.29) is 12.1 Å². The maximum absolute atomic E-state index is 12.6. The van der Waals surface area contributed by atoms with E-state index in [9.17, 15) is 4.79 Å². The molecule has 7 nitrogen and oxygen atoms in total. The van der Waals surface area contributed by atoms with Gasteiger partial charge >= 0.3 is 6.03 Å². The Bertz CT molecular complexity index is 1190. The molecule has 0 aliphatic heterocycles. The van der Waals surface area contributed by atoms with Crippen LogP contribution in [0.25, 0.3) is 0 Å². The number of rotatable bonds is 7. The molecule has 0 spiro atoms. The Morgan fingerprint density at radius 3 is 2.27 bits per heavy atom. The third-order valence-electron chi connectivity index (χ3n) is 7.44. The first-order chi connectivity index (χ1) is 18.0. The standard InChI is InChI=1S/C30H38N6O/c1-36(2)28-26-10-6-7-11-27(26)34-29(35-28)31-23-16-18-25(19-17-23)33-30(37)32-24-14-12-22(13-15-24)20-21-8-4-3-5-9-21/h3-5,8-9,12-15,23,25H,6-7,10-11,16-20H2,1-2H3,(H,31,34,35)(H2,32,33,37)/t23-,25+. The van der Waals surface area contributed by atoms with E-state index in [0.717, 1.165) is 62.4 Å². The molecule has 2 aliphatic rings. The zero-order valence-corrected chi connectivity index (χ0v) is 22.0. The summed E-state index contributed by atoms with van der Waals surface area (Å²) in [7, 11) is 4.12. The Morgan fingerprint density at radius 1 is 0.865 bits per heavy atom. The Hall–Kier alpha value is -3.61. The van der Waals surface area contributed by atoms with Crippen LogP contribution >= 0.6 is 0 Å². The molecular weight excluding hydrogens is 460 g/mol. The number of benzene rings is 2. The van der Waals surface area contributed by atoms with Crippen LogP contribution in [0.2, 0.25) is 0 Å². The second-order valence-corrected chi connectivity index (χ2v) is 10.5. The zero-order valence-electron chi connectivity index (χ0n) is 22.0. The second kappa shape index (κ2) is 11.6. The minimum atomic E-state index is -0.138. The quantitative estimate of drug-likeness (QED) is 0.397. The highest BCUT2D eigenvalue weighted by atomic mass is 16.2. The van der Waals surface area contributed by atoms with Crippen molar-refractivity contribution >= 4 is 23.5 Å². The van der Waals surface area contributed by atoms with Gasteiger partial charge in [-0.25, -0.2) is 9.78 Å². The maximum Gasteiger partial charge on any atom is 0.319 e. The largest absolute Gasteiger partial charge is 0.362 e. The number of carbonyl (C=O) groups is 1. The van der Waals surface area contributed by atoms with Gasteiger partial charge in [-0.3, -0.25) is 0 Å². The molecule has 1 saturated carbocycles. The van der Waals surface area contributed by atoms with Gasteiger partial charge in [0, 0.05) is 37.4 Å². The fraction of sp³-hybridized carbons (Fsp3) is 0.433. The smallest absolute Gasteiger partial charge is 0.319 e. The molecule has 0 saturated heterocycles. The summed E-state index contributed by atoms with van der Waals surface area (Å²) in [6, 6.07) is 18.9. The fourth-order valence-electron chi connectivity index (χ4n) is 5.46. The van der Waals surface area contributed by atoms with Gasteiger partial charge in [-0.2, -0.15) is 4.98 Å². The van der Waals surface area contributed by atoms with Gasteiger partial charge in [-0.1, -0.05) is 42.5 Å². The van der Waals surface area contributed by atoms with Crippen LogP contribution in [-0.2, 0) is 19.3 Å². The van der Waals surface area contributed by atoms with Crippen molar-refractivity contribution in [1.29, 1.82) is 0 Å². The Morgan fingerprint density at radius 2 is 1.54 bits per heavy atom. The number of nitrogens with zero attached hydrogens (tertiary/aromatic N) is 3. The number of hydrogen-bond donors (Lipinski definition) is 3. The summed E-state index contributed by atoms with van der Waals surface area (Å²) in [5.41, 5.74) is 5.83. The molecule has 2 amide bonds. The van der Waals surface area contributed by atoms with Crippen LogP contribution < -0.4 is 20.9 Å². The van der Waals surface area contributed by atoms with E-state index in [1.807, 2.05) is 18.2 Å². The molecule has 2 aromatic carbocycles. The minimum Gasteiger partial charge on any atom is -0.362 e. The molecule has 0 radical (unpaired) electrons. The van der Waals surface area contributed by atoms with Crippen molar-refractivity contribution < 1.29 is 4.79 Å². The average molecular weight is 499 g/mol. The summed E-state index contributed by atoms with van der Waals surface area (Å²) < 4.78 is 0. The first-order valence-electron chi connectivity index (χ1n) is 13.6. The number of fused-ring (bicyclic) bond motifs is 1. The third-order valence-corrected chi connectivity index (χ3v) is 7.44. The number of amides is 2. The van der Waals surface area contributed by atoms with Crippen LogP contribution in [0.3, 0.4) is 0 Å². The van der Waals surface area contributed by atoms with Crippen molar-refractivity contribution in [2.75, 3.05) is 29.6 Å². The molecule has 0 atom stereocenters. The van der Waals surface area contributed by atoms with E-state index in [2.05, 4.69) is 71.3 Å². The number of aromatic nitrogens is 2. The molecule has 2 aliphatic carbocycles. The van der Waals surface area contributed by atoms with E-state index in [1.54, 1.807) is 0 Å². The lowest BCUT2D eigenvalue weighted by molar-refractivity contribution is 0.243. The molecule has 3 N–H and O–H groups in total. The van der Waals surface area contributed by atoms with Crippen molar-refractivity contribution in [1.82, 2.24) is 15.3 Å². The van der Waals surface area contributed by atoms with Crippen molar-refractivity contribution in [2.45, 2.75) is 69.9 Å². The van der Waals surface area contributed by atoms with E-state index < -0.39 is 0 Å². The number of anilines is 3. The van der Waals surface area contributed by atoms with E-state index >= 15 is 0 Å². The Balaban J connectivity index is 1.09. The van der Waals surface area contributed by atoms with Gasteiger partial charge in [0.2, 0.25) is 5.95 Å². The summed E-state index contributed by atoms with van der Waals surface area (Å²) in [4.78, 5) is 24.4. The van der Waals surface area contributed by atoms with Crippen molar-refractivity contribution in [2.24, 2.45) is 0 Å². The van der Waals surface area contributed by atoms with Crippen LogP contribution in [-0.4, -0.2) is 42.2 Å². The molecule has 1 aromatic heterocycles. The molecule has 1 heterocycles. The summed E-state index contributed by atoms with van der Waals surface area (Å²) >= 11 is 0. The summed E-state index contributed by atoms with van der Waals surface area (Å²) in [5.74, 6) is 1.79. The van der Waals surface area contributed by atoms with Gasteiger partial charge < -0.3 is 20.9 Å². The lowest BCUT2D eigenvalue weighted by Crippen LogP contribution is -2.42. The summed E-state index contributed by atoms with van der Waals surface area (Å²) in [6.07, 6.45) is 9.25. The number of hydrogen-bond acceptors (Lipinski definition) is 5. The Labute approximate surface area is 220 Å². The molecule has 194 valence electrons. The molecule has 0 unspecified atom stereocenters. The fourth-order valence-corrected chi connectivity index (χ4v) is 5.46. The van der Waals surface area contributed by atoms with Gasteiger partial charge in [-0.05, 0) is 81.0 Å². The molecule has 0 bridgehead atoms. The lowest BCUT2D eigenvalue weighted by atomic mass is 9.91. The van der Waals surface area contributed by atoms with Crippen molar-refractivity contribution in [3.63, 3.8) is 0 Å². The number of carbonyl (C=O) groups excluding carboxylic acids is 1. The highest BCUT2D eigenvalue weighted by molar-refractivity contribution is 5.89. The van der Waals surface area contributed by atoms with Crippen molar-refractivity contribution in [3.8, 4) is 0 Å². The number of nitrogens with one attached hydrogen (secondary N) is 3. The van der Waals surface area contributed by atoms with E-state index in [4.69, 9.17) is 9.97 Å². The predicted molar refractivity (Wildman–Crippen MR) is 151 cm³/mol. The molecule has 37 heavy (non-hydrogen) atoms. The van der Waals surface area contributed by atoms with E-state index in [0.29, 0.717) is 6.04 Å². The highest BCUT2D eigenvalue weighted by Gasteiger charge is 2.25. The van der Waals surface area contributed by atoms with Gasteiger partial charge in [0.25, 0.3) is 0 Å². The summed E-state index contributed by atoms with van der Waals surface area (Å²) in [5, 5.41) is 9.73. The second-order valence-electron chi connectivity index (χ2n) is 10.5. The minimum absolute atomic E-state index is 0.138. The van der Waals surface area contributed by atoms with Crippen LogP contribution in [0.15, 0.2) is 54.6 Å².